The minimum atomic E-state index is 0.0433. The average molecular weight is 348 g/mol. The fourth-order valence-electron chi connectivity index (χ4n) is 3.10. The molecule has 0 spiro atoms. The lowest BCUT2D eigenvalue weighted by atomic mass is 9.90. The Hall–Kier alpha value is -1.51. The second-order valence-corrected chi connectivity index (χ2v) is 6.87. The van der Waals surface area contributed by atoms with Crippen LogP contribution in [0.3, 0.4) is 0 Å². The van der Waals surface area contributed by atoms with Gasteiger partial charge in [0.1, 0.15) is 0 Å². The van der Waals surface area contributed by atoms with E-state index >= 15 is 0 Å². The number of hydrogen-bond acceptors (Lipinski definition) is 1. The van der Waals surface area contributed by atoms with Crippen LogP contribution in [-0.2, 0) is 6.42 Å². The molecule has 0 bridgehead atoms. The van der Waals surface area contributed by atoms with Crippen molar-refractivity contribution >= 4 is 29.1 Å². The Bertz CT molecular complexity index is 679. The summed E-state index contributed by atoms with van der Waals surface area (Å²) < 4.78 is 0. The van der Waals surface area contributed by atoms with Gasteiger partial charge in [0.2, 0.25) is 0 Å². The molecule has 1 amide bonds. The van der Waals surface area contributed by atoms with Gasteiger partial charge in [-0.1, -0.05) is 53.5 Å². The number of piperidine rings is 1. The first kappa shape index (κ1) is 16.4. The maximum atomic E-state index is 12.6. The highest BCUT2D eigenvalue weighted by Crippen LogP contribution is 2.26. The first-order valence-electron chi connectivity index (χ1n) is 7.92. The van der Waals surface area contributed by atoms with Crippen molar-refractivity contribution in [2.45, 2.75) is 19.3 Å². The van der Waals surface area contributed by atoms with Gasteiger partial charge in [-0.25, -0.2) is 0 Å². The van der Waals surface area contributed by atoms with E-state index in [0.29, 0.717) is 21.5 Å². The van der Waals surface area contributed by atoms with Gasteiger partial charge in [0, 0.05) is 18.7 Å². The minimum Gasteiger partial charge on any atom is -0.339 e. The van der Waals surface area contributed by atoms with Crippen LogP contribution in [-0.4, -0.2) is 23.9 Å². The summed E-state index contributed by atoms with van der Waals surface area (Å²) in [6.45, 7) is 1.60. The molecule has 0 radical (unpaired) electrons. The van der Waals surface area contributed by atoms with Crippen LogP contribution in [0.5, 0.6) is 0 Å². The van der Waals surface area contributed by atoms with E-state index < -0.39 is 0 Å². The van der Waals surface area contributed by atoms with Crippen LogP contribution in [0.2, 0.25) is 10.0 Å². The zero-order valence-corrected chi connectivity index (χ0v) is 14.4. The Kier molecular flexibility index (Phi) is 5.24. The van der Waals surface area contributed by atoms with Gasteiger partial charge in [-0.15, -0.1) is 0 Å². The van der Waals surface area contributed by atoms with Crippen molar-refractivity contribution in [3.8, 4) is 0 Å². The van der Waals surface area contributed by atoms with E-state index in [2.05, 4.69) is 24.3 Å². The summed E-state index contributed by atoms with van der Waals surface area (Å²) in [6, 6.07) is 15.6. The van der Waals surface area contributed by atoms with Crippen molar-refractivity contribution in [1.29, 1.82) is 0 Å². The number of amides is 1. The van der Waals surface area contributed by atoms with Crippen molar-refractivity contribution in [1.82, 2.24) is 4.90 Å². The summed E-state index contributed by atoms with van der Waals surface area (Å²) in [6.07, 6.45) is 3.18. The zero-order chi connectivity index (χ0) is 16.2. The molecule has 1 fully saturated rings. The van der Waals surface area contributed by atoms with E-state index in [1.807, 2.05) is 11.0 Å². The Labute approximate surface area is 147 Å². The smallest absolute Gasteiger partial charge is 0.253 e. The van der Waals surface area contributed by atoms with Gasteiger partial charge in [-0.05, 0) is 48.9 Å². The van der Waals surface area contributed by atoms with E-state index in [9.17, 15) is 4.79 Å². The van der Waals surface area contributed by atoms with Crippen molar-refractivity contribution < 1.29 is 4.79 Å². The zero-order valence-electron chi connectivity index (χ0n) is 12.8. The first-order chi connectivity index (χ1) is 11.1. The Morgan fingerprint density at radius 1 is 1.00 bits per heavy atom. The van der Waals surface area contributed by atoms with Crippen LogP contribution in [0.1, 0.15) is 28.8 Å². The minimum absolute atomic E-state index is 0.0433. The summed E-state index contributed by atoms with van der Waals surface area (Å²) in [5, 5.41) is 0.904. The third-order valence-electron chi connectivity index (χ3n) is 4.44. The summed E-state index contributed by atoms with van der Waals surface area (Å²) in [4.78, 5) is 14.5. The van der Waals surface area contributed by atoms with Crippen molar-refractivity contribution in [2.24, 2.45) is 5.92 Å². The number of carbonyl (C=O) groups is 1. The van der Waals surface area contributed by atoms with E-state index in [-0.39, 0.29) is 5.91 Å². The Balaban J connectivity index is 1.58. The number of nitrogens with zero attached hydrogens (tertiary/aromatic N) is 1. The molecule has 1 saturated heterocycles. The number of rotatable bonds is 3. The summed E-state index contributed by atoms with van der Waals surface area (Å²) >= 11 is 11.9. The number of halogens is 2. The monoisotopic (exact) mass is 347 g/mol. The lowest BCUT2D eigenvalue weighted by Gasteiger charge is -2.32. The molecule has 0 N–H and O–H groups in total. The molecule has 2 nitrogen and oxygen atoms in total. The quantitative estimate of drug-likeness (QED) is 0.757. The first-order valence-corrected chi connectivity index (χ1v) is 8.67. The molecule has 3 rings (SSSR count). The highest BCUT2D eigenvalue weighted by Gasteiger charge is 2.24. The van der Waals surface area contributed by atoms with Gasteiger partial charge < -0.3 is 4.90 Å². The molecule has 0 unspecified atom stereocenters. The molecule has 0 atom stereocenters. The van der Waals surface area contributed by atoms with Crippen LogP contribution in [0, 0.1) is 5.92 Å². The molecule has 1 aliphatic rings. The molecule has 120 valence electrons. The van der Waals surface area contributed by atoms with E-state index in [4.69, 9.17) is 23.2 Å². The topological polar surface area (TPSA) is 20.3 Å². The molecule has 0 aliphatic carbocycles. The van der Waals surface area contributed by atoms with Crippen LogP contribution in [0.4, 0.5) is 0 Å². The average Bonchev–Trinajstić information content (AvgIpc) is 2.58. The standard InChI is InChI=1S/C19H19Cl2NO/c20-17-7-6-16(13-18(17)21)19(23)22-10-8-15(9-11-22)12-14-4-2-1-3-5-14/h1-7,13,15H,8-12H2. The molecule has 4 heteroatoms. The molecular formula is C19H19Cl2NO. The SMILES string of the molecule is O=C(c1ccc(Cl)c(Cl)c1)N1CCC(Cc2ccccc2)CC1. The van der Waals surface area contributed by atoms with Crippen molar-refractivity contribution in [3.63, 3.8) is 0 Å². The van der Waals surface area contributed by atoms with Gasteiger partial charge in [-0.2, -0.15) is 0 Å². The van der Waals surface area contributed by atoms with Gasteiger partial charge in [0.15, 0.2) is 0 Å². The summed E-state index contributed by atoms with van der Waals surface area (Å²) in [5.41, 5.74) is 1.99. The second kappa shape index (κ2) is 7.37. The largest absolute Gasteiger partial charge is 0.339 e. The normalized spacial score (nSPS) is 15.7. The second-order valence-electron chi connectivity index (χ2n) is 6.05. The highest BCUT2D eigenvalue weighted by molar-refractivity contribution is 6.42. The third kappa shape index (κ3) is 4.07. The Morgan fingerprint density at radius 2 is 1.70 bits per heavy atom. The molecule has 2 aromatic rings. The van der Waals surface area contributed by atoms with Gasteiger partial charge in [0.25, 0.3) is 5.91 Å². The van der Waals surface area contributed by atoms with E-state index in [0.717, 1.165) is 32.4 Å². The number of benzene rings is 2. The van der Waals surface area contributed by atoms with Crippen LogP contribution in [0.15, 0.2) is 48.5 Å². The fourth-order valence-corrected chi connectivity index (χ4v) is 3.40. The Morgan fingerprint density at radius 3 is 2.35 bits per heavy atom. The van der Waals surface area contributed by atoms with Crippen LogP contribution < -0.4 is 0 Å². The van der Waals surface area contributed by atoms with Crippen LogP contribution in [0.25, 0.3) is 0 Å². The molecule has 0 aromatic heterocycles. The van der Waals surface area contributed by atoms with Gasteiger partial charge in [-0.3, -0.25) is 4.79 Å². The number of likely N-dealkylation sites (tertiary alicyclic amines) is 1. The maximum absolute atomic E-state index is 12.6. The molecule has 2 aromatic carbocycles. The summed E-state index contributed by atoms with van der Waals surface area (Å²) in [7, 11) is 0. The lowest BCUT2D eigenvalue weighted by molar-refractivity contribution is 0.0690. The predicted molar refractivity (Wildman–Crippen MR) is 95.2 cm³/mol. The molecule has 23 heavy (non-hydrogen) atoms. The molecular weight excluding hydrogens is 329 g/mol. The number of hydrogen-bond donors (Lipinski definition) is 0. The van der Waals surface area contributed by atoms with Crippen LogP contribution >= 0.6 is 23.2 Å². The van der Waals surface area contributed by atoms with E-state index in [1.54, 1.807) is 18.2 Å². The van der Waals surface area contributed by atoms with Crippen molar-refractivity contribution in [2.75, 3.05) is 13.1 Å². The summed E-state index contributed by atoms with van der Waals surface area (Å²) in [5.74, 6) is 0.692. The third-order valence-corrected chi connectivity index (χ3v) is 5.17. The molecule has 1 aliphatic heterocycles. The molecule has 0 saturated carbocycles. The lowest BCUT2D eigenvalue weighted by Crippen LogP contribution is -2.38. The fraction of sp³-hybridized carbons (Fsp3) is 0.316. The van der Waals surface area contributed by atoms with E-state index in [1.165, 1.54) is 5.56 Å². The predicted octanol–water partition coefficient (Wildman–Crippen LogP) is 5.09. The maximum Gasteiger partial charge on any atom is 0.253 e. The van der Waals surface area contributed by atoms with Gasteiger partial charge in [0.05, 0.1) is 10.0 Å². The van der Waals surface area contributed by atoms with Crippen molar-refractivity contribution in [3.05, 3.63) is 69.7 Å². The highest BCUT2D eigenvalue weighted by atomic mass is 35.5. The molecule has 1 heterocycles. The number of carbonyl (C=O) groups excluding carboxylic acids is 1. The van der Waals surface area contributed by atoms with Gasteiger partial charge >= 0.3 is 0 Å².